The molecule has 0 aliphatic heterocycles. The van der Waals surface area contributed by atoms with Gasteiger partial charge in [0, 0.05) is 28.0 Å². The monoisotopic (exact) mass is 609 g/mol. The number of allylic oxidation sites excluding steroid dienone is 3. The molecule has 0 saturated heterocycles. The van der Waals surface area contributed by atoms with Crippen LogP contribution >= 0.6 is 0 Å². The predicted octanol–water partition coefficient (Wildman–Crippen LogP) is 5.67. The van der Waals surface area contributed by atoms with E-state index in [1.807, 2.05) is 56.5 Å². The van der Waals surface area contributed by atoms with Gasteiger partial charge in [-0.1, -0.05) is 45.7 Å². The van der Waals surface area contributed by atoms with Crippen LogP contribution in [0, 0.1) is 0 Å². The fourth-order valence-electron chi connectivity index (χ4n) is 1.91. The summed E-state index contributed by atoms with van der Waals surface area (Å²) in [7, 11) is 0. The van der Waals surface area contributed by atoms with Crippen molar-refractivity contribution in [3.8, 4) is 17.2 Å². The quantitative estimate of drug-likeness (QED) is 0.0542. The summed E-state index contributed by atoms with van der Waals surface area (Å²) in [5, 5.41) is 47.7. The van der Waals surface area contributed by atoms with E-state index in [4.69, 9.17) is 9.47 Å². The number of rotatable bonds is 11. The molecule has 3 radical (unpaired) electrons. The van der Waals surface area contributed by atoms with Gasteiger partial charge in [0.2, 0.25) is 0 Å². The van der Waals surface area contributed by atoms with Crippen LogP contribution in [0.4, 0.5) is 0 Å². The molecule has 1 aromatic carbocycles. The fraction of sp³-hybridized carbons (Fsp3) is 0.269. The summed E-state index contributed by atoms with van der Waals surface area (Å²) < 4.78 is 15.5. The number of benzene rings is 1. The van der Waals surface area contributed by atoms with Gasteiger partial charge in [-0.25, -0.2) is 0 Å². The Balaban J connectivity index is -0.00000141. The van der Waals surface area contributed by atoms with Crippen LogP contribution in [0.5, 0.6) is 17.2 Å². The largest absolute Gasteiger partial charge is 0.510 e. The number of aliphatic hydroxyl groups excluding tert-OH is 2. The molecular formula is C26H35AgAlO8. The van der Waals surface area contributed by atoms with Crippen LogP contribution in [0.25, 0.3) is 0 Å². The van der Waals surface area contributed by atoms with Crippen LogP contribution in [0.2, 0.25) is 0 Å². The molecule has 201 valence electrons. The average molecular weight is 610 g/mol. The second kappa shape index (κ2) is 22.7. The zero-order chi connectivity index (χ0) is 27.4. The van der Waals surface area contributed by atoms with Crippen LogP contribution in [0.15, 0.2) is 90.5 Å². The van der Waals surface area contributed by atoms with Gasteiger partial charge in [-0.15, -0.1) is 5.73 Å². The van der Waals surface area contributed by atoms with Crippen molar-refractivity contribution in [1.82, 2.24) is 0 Å². The molecular weight excluding hydrogens is 575 g/mol. The molecule has 0 aliphatic rings. The van der Waals surface area contributed by atoms with E-state index in [0.29, 0.717) is 11.1 Å². The van der Waals surface area contributed by atoms with E-state index in [2.05, 4.69) is 29.3 Å². The molecule has 1 rings (SSSR count). The van der Waals surface area contributed by atoms with E-state index in [0.717, 1.165) is 0 Å². The van der Waals surface area contributed by atoms with Crippen molar-refractivity contribution >= 4 is 16.6 Å². The number of phenols is 3. The maximum Gasteiger partial charge on any atom is 0.369 e. The summed E-state index contributed by atoms with van der Waals surface area (Å²) in [6, 6.07) is 2.45. The Hall–Kier alpha value is -2.73. The van der Waals surface area contributed by atoms with E-state index in [1.54, 1.807) is 0 Å². The van der Waals surface area contributed by atoms with Gasteiger partial charge in [-0.05, 0) is 43.7 Å². The van der Waals surface area contributed by atoms with Crippen LogP contribution in [-0.2, 0) is 42.2 Å². The first-order valence-corrected chi connectivity index (χ1v) is 11.0. The van der Waals surface area contributed by atoms with Crippen molar-refractivity contribution in [3.63, 3.8) is 0 Å². The van der Waals surface area contributed by atoms with Crippen LogP contribution < -0.4 is 0 Å². The number of phenolic OH excluding ortho intramolecular Hbond substituents is 3. The molecule has 0 unspecified atom stereocenters. The van der Waals surface area contributed by atoms with Gasteiger partial charge in [-0.2, -0.15) is 0 Å². The number of hydrogen-bond donors (Lipinski definition) is 5. The van der Waals surface area contributed by atoms with Crippen LogP contribution in [0.1, 0.15) is 33.3 Å². The Morgan fingerprint density at radius 2 is 1.47 bits per heavy atom. The average Bonchev–Trinajstić information content (AvgIpc) is 2.85. The Bertz CT molecular complexity index is 934. The number of aromatic hydroxyl groups is 3. The molecule has 36 heavy (non-hydrogen) atoms. The Kier molecular flexibility index (Phi) is 23.9. The standard InChI is InChI=1S/C20H21O8.C4H8.C2H6.Ag.Al/c1-4-5-14(6-16(22)19(25)9-21)10-27-12(2)13(3)28-11-15-7-17(23)20(26)18(24)8-15;1-3-4-2;1-2;;/h5-8,22-26H,1-3,9-11H2;3-4H,1-2H3;1-2H3;;/q-1;;;;+1/b14-6+,19-16-;4-3-;;;. The zero-order valence-electron chi connectivity index (χ0n) is 21.0. The van der Waals surface area contributed by atoms with Crippen LogP contribution in [0.3, 0.4) is 0 Å². The molecule has 1 aromatic rings. The summed E-state index contributed by atoms with van der Waals surface area (Å²) >= 11 is 1.95. The van der Waals surface area contributed by atoms with E-state index in [9.17, 15) is 25.5 Å². The van der Waals surface area contributed by atoms with Gasteiger partial charge >= 0.3 is 16.6 Å². The van der Waals surface area contributed by atoms with E-state index in [-0.39, 0.29) is 59.5 Å². The van der Waals surface area contributed by atoms with Gasteiger partial charge in [0.15, 0.2) is 40.3 Å². The van der Waals surface area contributed by atoms with Crippen molar-refractivity contribution in [3.05, 3.63) is 96.1 Å². The molecule has 0 spiro atoms. The molecule has 8 nitrogen and oxygen atoms in total. The molecule has 0 aromatic heterocycles. The van der Waals surface area contributed by atoms with Crippen LogP contribution in [-0.4, -0.2) is 55.4 Å². The molecule has 0 fully saturated rings. The number of aliphatic hydroxyl groups is 2. The van der Waals surface area contributed by atoms with Gasteiger partial charge < -0.3 is 38.8 Å². The summed E-state index contributed by atoms with van der Waals surface area (Å²) in [5.41, 5.74) is 3.32. The minimum atomic E-state index is -0.623. The third kappa shape index (κ3) is 16.0. The molecule has 0 atom stereocenters. The fourth-order valence-corrected chi connectivity index (χ4v) is 2.07. The minimum Gasteiger partial charge on any atom is -0.510 e. The van der Waals surface area contributed by atoms with Gasteiger partial charge in [0.25, 0.3) is 0 Å². The summed E-state index contributed by atoms with van der Waals surface area (Å²) in [5.74, 6) is -2.22. The molecule has 5 N–H and O–H groups in total. The molecule has 0 aliphatic carbocycles. The third-order valence-corrected chi connectivity index (χ3v) is 3.89. The van der Waals surface area contributed by atoms with Crippen molar-refractivity contribution < 1.29 is 61.2 Å². The van der Waals surface area contributed by atoms with E-state index < -0.39 is 23.0 Å². The van der Waals surface area contributed by atoms with E-state index >= 15 is 0 Å². The molecule has 0 amide bonds. The van der Waals surface area contributed by atoms with Crippen molar-refractivity contribution in [2.24, 2.45) is 0 Å². The van der Waals surface area contributed by atoms with Crippen molar-refractivity contribution in [2.45, 2.75) is 34.3 Å². The second-order valence-corrected chi connectivity index (χ2v) is 6.62. The summed E-state index contributed by atoms with van der Waals surface area (Å²) in [6.07, 6.45) is 6.68. The molecule has 10 heteroatoms. The zero-order valence-corrected chi connectivity index (χ0v) is 23.7. The summed E-state index contributed by atoms with van der Waals surface area (Å²) in [6.45, 7) is 18.5. The Morgan fingerprint density at radius 1 is 0.972 bits per heavy atom. The van der Waals surface area contributed by atoms with Gasteiger partial charge in [0.05, 0.1) is 6.61 Å². The molecule has 0 saturated carbocycles. The first kappa shape index (κ1) is 37.8. The first-order chi connectivity index (χ1) is 16.6. The minimum absolute atomic E-state index is 0. The maximum absolute atomic E-state index is 9.81. The van der Waals surface area contributed by atoms with Gasteiger partial charge in [-0.3, -0.25) is 0 Å². The second-order valence-electron chi connectivity index (χ2n) is 6.28. The normalized spacial score (nSPS) is 10.7. The smallest absolute Gasteiger partial charge is 0.369 e. The Morgan fingerprint density at radius 3 is 1.92 bits per heavy atom. The van der Waals surface area contributed by atoms with Gasteiger partial charge in [0.1, 0.15) is 13.2 Å². The Labute approximate surface area is 237 Å². The maximum atomic E-state index is 9.81. The number of hydrogen-bond acceptors (Lipinski definition) is 8. The van der Waals surface area contributed by atoms with E-state index in [1.165, 1.54) is 24.3 Å². The molecule has 0 bridgehead atoms. The SMILES string of the molecule is C/C=C\C.C=C=C/C(=C\C(O)=C(\O)C[O][Al])COC(=C)C(=C)OCc1cc(O)c(O)c(O)c1.CC.[Ag]. The third-order valence-electron chi connectivity index (χ3n) is 3.73. The first-order valence-electron chi connectivity index (χ1n) is 10.5. The van der Waals surface area contributed by atoms with Crippen molar-refractivity contribution in [1.29, 1.82) is 0 Å². The molecule has 0 heterocycles. The topological polar surface area (TPSA) is 129 Å². The van der Waals surface area contributed by atoms with Crippen molar-refractivity contribution in [2.75, 3.05) is 13.2 Å². The number of ether oxygens (including phenoxy) is 2. The summed E-state index contributed by atoms with van der Waals surface area (Å²) in [4.78, 5) is 0. The predicted molar refractivity (Wildman–Crippen MR) is 138 cm³/mol.